The number of carbonyl (C=O) groups excluding carboxylic acids is 1. The first-order valence-electron chi connectivity index (χ1n) is 15.5. The minimum absolute atomic E-state index is 0. The van der Waals surface area contributed by atoms with Gasteiger partial charge in [0.1, 0.15) is 47.5 Å². The summed E-state index contributed by atoms with van der Waals surface area (Å²) in [5, 5.41) is 77.4. The van der Waals surface area contributed by atoms with Crippen LogP contribution in [0.2, 0.25) is 0 Å². The number of aromatic hydroxyl groups is 3. The Morgan fingerprint density at radius 1 is 0.687 bits per heavy atom. The summed E-state index contributed by atoms with van der Waals surface area (Å²) in [7, 11) is -15.4. The normalized spacial score (nSPS) is 11.1. The van der Waals surface area contributed by atoms with Crippen molar-refractivity contribution in [3.05, 3.63) is 101 Å². The number of fused-ring (bicyclic) bond motifs is 1. The number of carbonyl (C=O) groups is 1. The molecule has 67 heavy (non-hydrogen) atoms. The van der Waals surface area contributed by atoms with E-state index in [4.69, 9.17) is 10.1 Å². The number of azo groups is 3. The molecule has 0 fully saturated rings. The number of rotatable bonds is 12. The van der Waals surface area contributed by atoms with Crippen LogP contribution in [0.5, 0.6) is 17.4 Å². The molecule has 1 heterocycles. The minimum atomic E-state index is -5.36. The zero-order valence-corrected chi connectivity index (χ0v) is 37.8. The zero-order chi connectivity index (χ0) is 44.9. The zero-order valence-electron chi connectivity index (χ0n) is 35.3. The summed E-state index contributed by atoms with van der Waals surface area (Å²) in [5.74, 6) is -2.56. The summed E-state index contributed by atoms with van der Waals surface area (Å²) in [6, 6.07) is 17.1. The number of phenols is 2. The van der Waals surface area contributed by atoms with Gasteiger partial charge in [0, 0.05) is 29.3 Å². The first-order chi connectivity index (χ1) is 28.6. The molecular weight excluding hydrogens is 920 g/mol. The average Bonchev–Trinajstić information content (AvgIpc) is 3.58. The smallest absolute Gasteiger partial charge is 0.744 e. The molecular formula is C32H16Li6N9O17S3-. The maximum absolute atomic E-state index is 12.2. The van der Waals surface area contributed by atoms with Crippen molar-refractivity contribution in [2.24, 2.45) is 30.7 Å². The van der Waals surface area contributed by atoms with Crippen molar-refractivity contribution < 1.29 is 187 Å². The molecule has 0 aliphatic heterocycles. The van der Waals surface area contributed by atoms with Crippen LogP contribution in [0.1, 0.15) is 0 Å². The van der Waals surface area contributed by atoms with E-state index in [1.165, 1.54) is 30.3 Å². The third-order valence-corrected chi connectivity index (χ3v) is 9.99. The molecule has 26 nitrogen and oxygen atoms in total. The number of aromatic nitrogens is 2. The summed E-state index contributed by atoms with van der Waals surface area (Å²) < 4.78 is 106. The van der Waals surface area contributed by atoms with Crippen LogP contribution in [0.3, 0.4) is 0 Å². The molecule has 0 spiro atoms. The van der Waals surface area contributed by atoms with Gasteiger partial charge in [0.25, 0.3) is 12.2 Å². The Labute approximate surface area is 449 Å². The van der Waals surface area contributed by atoms with Crippen LogP contribution in [0.25, 0.3) is 16.5 Å². The fourth-order valence-electron chi connectivity index (χ4n) is 4.76. The number of nitro groups is 1. The van der Waals surface area contributed by atoms with Crippen LogP contribution >= 0.6 is 0 Å². The summed E-state index contributed by atoms with van der Waals surface area (Å²) in [5.41, 5.74) is -3.00. The molecule has 0 saturated heterocycles. The SMILES string of the molecule is O=CO[O-].O=[N+]([O-])c1ccc(N=Nc2[c-]cc3cc(S(=O)(=O)[O-])c(N=Nc4[c-]cc(N=Nc5[c-]nn(-c6ccc(S(=O)(=O)[O-])cc6)c5O)cc4)c(O)c3c2O)c(S(=O)(=O)[O-])c1.[Li+].[Li+].[Li+].[Li+].[Li+].[Li+]. The second kappa shape index (κ2) is 27.2. The number of nitro benzene ring substituents is 1. The predicted octanol–water partition coefficient (Wildman–Crippen LogP) is -14.1. The van der Waals surface area contributed by atoms with Gasteiger partial charge in [-0.25, -0.2) is 30.4 Å². The molecule has 0 aliphatic rings. The molecule has 0 radical (unpaired) electrons. The molecule has 0 amide bonds. The maximum Gasteiger partial charge on any atom is 1.00 e. The molecule has 3 N–H and O–H groups in total. The van der Waals surface area contributed by atoms with E-state index < -0.39 is 95.5 Å². The molecule has 6 rings (SSSR count). The molecule has 6 aromatic rings. The van der Waals surface area contributed by atoms with Gasteiger partial charge in [-0.3, -0.25) is 24.7 Å². The summed E-state index contributed by atoms with van der Waals surface area (Å²) in [4.78, 5) is 18.7. The number of phenolic OH excluding ortho intramolecular Hbond substituents is 2. The van der Waals surface area contributed by atoms with E-state index in [2.05, 4.69) is 59.0 Å². The van der Waals surface area contributed by atoms with Crippen LogP contribution in [0, 0.1) is 28.4 Å². The Kier molecular flexibility index (Phi) is 26.4. The van der Waals surface area contributed by atoms with Gasteiger partial charge in [0.2, 0.25) is 0 Å². The van der Waals surface area contributed by atoms with Crippen LogP contribution in [-0.4, -0.2) is 75.4 Å². The summed E-state index contributed by atoms with van der Waals surface area (Å²) in [6.07, 6.45) is 2.40. The van der Waals surface area contributed by atoms with Crippen LogP contribution in [0.15, 0.2) is 118 Å². The first-order valence-corrected chi connectivity index (χ1v) is 19.7. The van der Waals surface area contributed by atoms with Gasteiger partial charge < -0.3 is 39.1 Å². The first kappa shape index (κ1) is 65.0. The van der Waals surface area contributed by atoms with Crippen molar-refractivity contribution in [2.75, 3.05) is 0 Å². The van der Waals surface area contributed by atoms with Gasteiger partial charge in [-0.1, -0.05) is 12.3 Å². The van der Waals surface area contributed by atoms with E-state index in [0.29, 0.717) is 6.07 Å². The van der Waals surface area contributed by atoms with Crippen LogP contribution < -0.4 is 118 Å². The quantitative estimate of drug-likeness (QED) is 0.0150. The van der Waals surface area contributed by atoms with Gasteiger partial charge in [-0.2, -0.15) is 38.7 Å². The molecule has 316 valence electrons. The summed E-state index contributed by atoms with van der Waals surface area (Å²) >= 11 is 0. The largest absolute Gasteiger partial charge is 1.00 e. The van der Waals surface area contributed by atoms with Crippen molar-refractivity contribution in [1.82, 2.24) is 9.78 Å². The predicted molar refractivity (Wildman–Crippen MR) is 192 cm³/mol. The molecule has 0 atom stereocenters. The topological polar surface area (TPSA) is 417 Å². The number of hydrogen-bond acceptors (Lipinski definition) is 24. The van der Waals surface area contributed by atoms with E-state index in [1.54, 1.807) is 0 Å². The van der Waals surface area contributed by atoms with Crippen molar-refractivity contribution in [1.29, 1.82) is 0 Å². The molecule has 35 heteroatoms. The van der Waals surface area contributed by atoms with Crippen molar-refractivity contribution in [3.8, 4) is 23.1 Å². The van der Waals surface area contributed by atoms with Gasteiger partial charge >= 0.3 is 113 Å². The Bertz CT molecular complexity index is 3150. The fourth-order valence-corrected chi connectivity index (χ4v) is 6.50. The number of non-ortho nitro benzene ring substituents is 1. The number of benzene rings is 5. The van der Waals surface area contributed by atoms with Crippen molar-refractivity contribution in [3.63, 3.8) is 0 Å². The van der Waals surface area contributed by atoms with Crippen molar-refractivity contribution >= 4 is 87.4 Å². The Balaban J connectivity index is 0. The average molecular weight is 936 g/mol. The molecule has 0 saturated carbocycles. The Hall–Kier alpha value is -4.09. The van der Waals surface area contributed by atoms with E-state index in [1.807, 2.05) is 0 Å². The van der Waals surface area contributed by atoms with E-state index in [9.17, 15) is 64.3 Å². The molecule has 0 unspecified atom stereocenters. The van der Waals surface area contributed by atoms with Crippen LogP contribution in [0.4, 0.5) is 39.8 Å². The maximum atomic E-state index is 12.2. The van der Waals surface area contributed by atoms with Crippen molar-refractivity contribution in [2.45, 2.75) is 14.7 Å². The minimum Gasteiger partial charge on any atom is -0.744 e. The number of nitrogens with zero attached hydrogens (tertiary/aromatic N) is 9. The van der Waals surface area contributed by atoms with E-state index >= 15 is 0 Å². The Morgan fingerprint density at radius 3 is 1.81 bits per heavy atom. The summed E-state index contributed by atoms with van der Waals surface area (Å²) in [6.45, 7) is -0.181. The third-order valence-electron chi connectivity index (χ3n) is 7.43. The Morgan fingerprint density at radius 2 is 1.28 bits per heavy atom. The fraction of sp³-hybridized carbons (Fsp3) is 0. The standard InChI is InChI=1S/C31H18N9O14S3.CH2O3.6Li/c41-29-23(36-35-22-12-8-20(40(44)45)14-25(22)56(49,50)51)11-1-16-13-26(57(52,53)54)28(30(42)27(16)29)38-34-18-4-2-17(3-5-18)33-37-24-15-32-39(31(24)43)19-6-9-21(10-7-19)55(46,47)48;2-1-4-3;;;;;;/h1-4,6-10,12-14,41-43H,(H,46,47,48)(H,49,50,51)(H,52,53,54);1,3H;;;;;;/q-3;;6*+1/p-4. The second-order valence-corrected chi connectivity index (χ2v) is 15.3. The van der Waals surface area contributed by atoms with Gasteiger partial charge in [-0.05, 0) is 52.8 Å². The molecule has 0 aliphatic carbocycles. The number of hydrogen-bond donors (Lipinski definition) is 3. The monoisotopic (exact) mass is 936 g/mol. The molecule has 5 aromatic carbocycles. The van der Waals surface area contributed by atoms with Gasteiger partial charge in [0.15, 0.2) is 0 Å². The van der Waals surface area contributed by atoms with E-state index in [-0.39, 0.29) is 148 Å². The van der Waals surface area contributed by atoms with Crippen LogP contribution in [-0.2, 0) is 40.0 Å². The molecule has 1 aromatic heterocycles. The second-order valence-electron chi connectivity index (χ2n) is 11.2. The van der Waals surface area contributed by atoms with Gasteiger partial charge in [0.05, 0.1) is 25.5 Å². The molecule has 0 bridgehead atoms. The van der Waals surface area contributed by atoms with Gasteiger partial charge in [-0.15, -0.1) is 28.7 Å². The van der Waals surface area contributed by atoms with E-state index in [0.717, 1.165) is 41.1 Å². The third kappa shape index (κ3) is 16.3.